The lowest BCUT2D eigenvalue weighted by molar-refractivity contribution is 0.213. The van der Waals surface area contributed by atoms with Crippen molar-refractivity contribution in [2.24, 2.45) is 5.92 Å². The van der Waals surface area contributed by atoms with Gasteiger partial charge < -0.3 is 0 Å². The predicted molar refractivity (Wildman–Crippen MR) is 75.3 cm³/mol. The summed E-state index contributed by atoms with van der Waals surface area (Å²) >= 11 is 0. The van der Waals surface area contributed by atoms with E-state index >= 15 is 0 Å². The van der Waals surface area contributed by atoms with E-state index < -0.39 is 10.0 Å². The molecule has 0 aromatic carbocycles. The van der Waals surface area contributed by atoms with Crippen LogP contribution in [0.15, 0.2) is 23.2 Å². The molecule has 6 heteroatoms. The van der Waals surface area contributed by atoms with Crippen LogP contribution in [0.25, 0.3) is 0 Å². The molecular formula is C14H19N3O2S. The Kier molecular flexibility index (Phi) is 4.41. The summed E-state index contributed by atoms with van der Waals surface area (Å²) in [5.74, 6) is 0.339. The molecule has 1 heterocycles. The highest BCUT2D eigenvalue weighted by Gasteiger charge is 2.34. The van der Waals surface area contributed by atoms with Gasteiger partial charge in [-0.2, -0.15) is 9.57 Å². The number of aromatic nitrogens is 1. The molecule has 1 saturated carbocycles. The summed E-state index contributed by atoms with van der Waals surface area (Å²) in [6.45, 7) is 2.09. The van der Waals surface area contributed by atoms with Gasteiger partial charge in [0.25, 0.3) is 0 Å². The lowest BCUT2D eigenvalue weighted by Crippen LogP contribution is -2.42. The SMILES string of the molecule is CC1CCCCC1N(C)S(=O)(=O)c1cccnc1C#N. The van der Waals surface area contributed by atoms with Crippen molar-refractivity contribution in [3.63, 3.8) is 0 Å². The number of hydrogen-bond donors (Lipinski definition) is 0. The minimum atomic E-state index is -3.67. The lowest BCUT2D eigenvalue weighted by Gasteiger charge is -2.35. The maximum Gasteiger partial charge on any atom is 0.245 e. The summed E-state index contributed by atoms with van der Waals surface area (Å²) in [4.78, 5) is 3.85. The van der Waals surface area contributed by atoms with Gasteiger partial charge in [-0.15, -0.1) is 0 Å². The number of nitriles is 1. The first kappa shape index (κ1) is 14.9. The molecule has 0 saturated heterocycles. The Bertz CT molecular complexity index is 622. The van der Waals surface area contributed by atoms with Crippen LogP contribution in [-0.4, -0.2) is 30.8 Å². The molecule has 20 heavy (non-hydrogen) atoms. The minimum absolute atomic E-state index is 0.000462. The van der Waals surface area contributed by atoms with E-state index in [0.717, 1.165) is 25.7 Å². The fraction of sp³-hybridized carbons (Fsp3) is 0.571. The average Bonchev–Trinajstić information content (AvgIpc) is 2.47. The topological polar surface area (TPSA) is 74.1 Å². The predicted octanol–water partition coefficient (Wildman–Crippen LogP) is 2.15. The van der Waals surface area contributed by atoms with Gasteiger partial charge in [-0.1, -0.05) is 19.8 Å². The van der Waals surface area contributed by atoms with Crippen molar-refractivity contribution >= 4 is 10.0 Å². The molecule has 0 amide bonds. The summed E-state index contributed by atoms with van der Waals surface area (Å²) in [7, 11) is -2.06. The second-order valence-corrected chi connectivity index (χ2v) is 7.28. The quantitative estimate of drug-likeness (QED) is 0.856. The molecule has 0 radical (unpaired) electrons. The zero-order valence-electron chi connectivity index (χ0n) is 11.8. The van der Waals surface area contributed by atoms with Gasteiger partial charge in [-0.25, -0.2) is 13.4 Å². The van der Waals surface area contributed by atoms with Crippen molar-refractivity contribution in [1.82, 2.24) is 9.29 Å². The fourth-order valence-corrected chi connectivity index (χ4v) is 4.43. The van der Waals surface area contributed by atoms with Gasteiger partial charge >= 0.3 is 0 Å². The Balaban J connectivity index is 2.37. The number of sulfonamides is 1. The second-order valence-electron chi connectivity index (χ2n) is 5.31. The van der Waals surface area contributed by atoms with E-state index in [9.17, 15) is 8.42 Å². The molecule has 1 aromatic rings. The standard InChI is InChI=1S/C14H19N3O2S/c1-11-6-3-4-7-13(11)17(2)20(18,19)14-8-5-9-16-12(14)10-15/h5,8-9,11,13H,3-4,6-7H2,1-2H3. The van der Waals surface area contributed by atoms with Gasteiger partial charge in [-0.3, -0.25) is 0 Å². The van der Waals surface area contributed by atoms with Crippen LogP contribution in [0.2, 0.25) is 0 Å². The first-order valence-electron chi connectivity index (χ1n) is 6.81. The summed E-state index contributed by atoms with van der Waals surface area (Å²) < 4.78 is 26.8. The summed E-state index contributed by atoms with van der Waals surface area (Å²) in [5.41, 5.74) is -0.0391. The van der Waals surface area contributed by atoms with Crippen LogP contribution in [0, 0.1) is 17.2 Å². The molecule has 1 fully saturated rings. The largest absolute Gasteiger partial charge is 0.245 e. The molecule has 5 nitrogen and oxygen atoms in total. The minimum Gasteiger partial charge on any atom is -0.244 e. The van der Waals surface area contributed by atoms with Crippen LogP contribution in [-0.2, 0) is 10.0 Å². The van der Waals surface area contributed by atoms with Crippen LogP contribution < -0.4 is 0 Å². The highest BCUT2D eigenvalue weighted by atomic mass is 32.2. The van der Waals surface area contributed by atoms with Crippen molar-refractivity contribution in [2.45, 2.75) is 43.5 Å². The van der Waals surface area contributed by atoms with E-state index in [1.165, 1.54) is 16.6 Å². The van der Waals surface area contributed by atoms with Gasteiger partial charge in [0, 0.05) is 19.3 Å². The Labute approximate surface area is 120 Å². The smallest absolute Gasteiger partial charge is 0.244 e. The van der Waals surface area contributed by atoms with E-state index in [2.05, 4.69) is 11.9 Å². The van der Waals surface area contributed by atoms with E-state index in [1.54, 1.807) is 13.1 Å². The zero-order chi connectivity index (χ0) is 14.8. The lowest BCUT2D eigenvalue weighted by atomic mass is 9.86. The molecule has 1 aliphatic rings. The number of rotatable bonds is 3. The molecule has 1 aromatic heterocycles. The maximum atomic E-state index is 12.7. The van der Waals surface area contributed by atoms with Gasteiger partial charge in [0.1, 0.15) is 11.0 Å². The highest BCUT2D eigenvalue weighted by Crippen LogP contribution is 2.31. The van der Waals surface area contributed by atoms with Crippen LogP contribution in [0.1, 0.15) is 38.3 Å². The molecule has 0 N–H and O–H groups in total. The van der Waals surface area contributed by atoms with Gasteiger partial charge in [-0.05, 0) is 30.9 Å². The van der Waals surface area contributed by atoms with Crippen LogP contribution in [0.3, 0.4) is 0 Å². The van der Waals surface area contributed by atoms with Crippen LogP contribution >= 0.6 is 0 Å². The zero-order valence-corrected chi connectivity index (χ0v) is 12.6. The van der Waals surface area contributed by atoms with E-state index in [4.69, 9.17) is 5.26 Å². The van der Waals surface area contributed by atoms with Crippen molar-refractivity contribution in [3.8, 4) is 6.07 Å². The molecule has 1 aliphatic carbocycles. The normalized spacial score (nSPS) is 23.5. The number of hydrogen-bond acceptors (Lipinski definition) is 4. The van der Waals surface area contributed by atoms with Crippen molar-refractivity contribution in [1.29, 1.82) is 5.26 Å². The Hall–Kier alpha value is -1.45. The third kappa shape index (κ3) is 2.69. The Morgan fingerprint density at radius 3 is 2.75 bits per heavy atom. The average molecular weight is 293 g/mol. The molecule has 2 rings (SSSR count). The van der Waals surface area contributed by atoms with Crippen LogP contribution in [0.4, 0.5) is 0 Å². The maximum absolute atomic E-state index is 12.7. The molecule has 2 unspecified atom stereocenters. The number of pyridine rings is 1. The van der Waals surface area contributed by atoms with Crippen molar-refractivity contribution < 1.29 is 8.42 Å². The molecular weight excluding hydrogens is 274 g/mol. The van der Waals surface area contributed by atoms with Gasteiger partial charge in [0.2, 0.25) is 10.0 Å². The second kappa shape index (κ2) is 5.90. The molecule has 0 spiro atoms. The molecule has 0 bridgehead atoms. The summed E-state index contributed by atoms with van der Waals surface area (Å²) in [6, 6.07) is 4.85. The van der Waals surface area contributed by atoms with Gasteiger partial charge in [0.15, 0.2) is 5.69 Å². The van der Waals surface area contributed by atoms with E-state index in [1.807, 2.05) is 6.07 Å². The Morgan fingerprint density at radius 1 is 1.40 bits per heavy atom. The summed E-state index contributed by atoms with van der Waals surface area (Å²) in [6.07, 6.45) is 5.55. The van der Waals surface area contributed by atoms with E-state index in [0.29, 0.717) is 5.92 Å². The Morgan fingerprint density at radius 2 is 2.10 bits per heavy atom. The summed E-state index contributed by atoms with van der Waals surface area (Å²) in [5, 5.41) is 9.03. The monoisotopic (exact) mass is 293 g/mol. The van der Waals surface area contributed by atoms with Crippen molar-refractivity contribution in [3.05, 3.63) is 24.0 Å². The molecule has 108 valence electrons. The van der Waals surface area contributed by atoms with Gasteiger partial charge in [0.05, 0.1) is 0 Å². The van der Waals surface area contributed by atoms with Crippen molar-refractivity contribution in [2.75, 3.05) is 7.05 Å². The fourth-order valence-electron chi connectivity index (χ4n) is 2.85. The third-order valence-electron chi connectivity index (χ3n) is 4.07. The van der Waals surface area contributed by atoms with Crippen LogP contribution in [0.5, 0.6) is 0 Å². The van der Waals surface area contributed by atoms with E-state index in [-0.39, 0.29) is 16.6 Å². The third-order valence-corrected chi connectivity index (χ3v) is 5.98. The highest BCUT2D eigenvalue weighted by molar-refractivity contribution is 7.89. The molecule has 2 atom stereocenters. The molecule has 0 aliphatic heterocycles. The first-order chi connectivity index (χ1) is 9.48. The number of nitrogens with zero attached hydrogens (tertiary/aromatic N) is 3. The first-order valence-corrected chi connectivity index (χ1v) is 8.25.